The van der Waals surface area contributed by atoms with E-state index in [4.69, 9.17) is 0 Å². The highest BCUT2D eigenvalue weighted by molar-refractivity contribution is 6.05. The van der Waals surface area contributed by atoms with Crippen LogP contribution in [-0.4, -0.2) is 28.5 Å². The summed E-state index contributed by atoms with van der Waals surface area (Å²) in [5.41, 5.74) is 2.46. The average Bonchev–Trinajstić information content (AvgIpc) is 3.14. The molecule has 2 aromatic carbocycles. The van der Waals surface area contributed by atoms with Crippen molar-refractivity contribution in [3.05, 3.63) is 83.9 Å². The van der Waals surface area contributed by atoms with Gasteiger partial charge in [0.25, 0.3) is 5.91 Å². The lowest BCUT2D eigenvalue weighted by Crippen LogP contribution is -2.13. The highest BCUT2D eigenvalue weighted by atomic mass is 16.5. The Hall–Kier alpha value is -3.41. The van der Waals surface area contributed by atoms with Crippen molar-refractivity contribution in [1.82, 2.24) is 9.55 Å². The first kappa shape index (κ1) is 16.4. The summed E-state index contributed by atoms with van der Waals surface area (Å²) < 4.78 is 6.61. The normalized spacial score (nSPS) is 10.3. The molecule has 126 valence electrons. The van der Waals surface area contributed by atoms with Gasteiger partial charge in [-0.15, -0.1) is 0 Å². The molecular weight excluding hydrogens is 318 g/mol. The Morgan fingerprint density at radius 2 is 1.92 bits per heavy atom. The zero-order valence-corrected chi connectivity index (χ0v) is 13.7. The highest BCUT2D eigenvalue weighted by Crippen LogP contribution is 2.14. The fraction of sp³-hybridized carbons (Fsp3) is 0.105. The standard InChI is InChI=1S/C19H17N3O3/c1-25-19(24)16-6-3-7-17(11-16)21-18(23)15-5-2-4-14(10-15)12-22-9-8-20-13-22/h2-11,13H,12H2,1H3,(H,21,23). The summed E-state index contributed by atoms with van der Waals surface area (Å²) in [6.07, 6.45) is 5.31. The molecule has 0 aliphatic carbocycles. The van der Waals surface area contributed by atoms with E-state index in [1.54, 1.807) is 42.9 Å². The monoisotopic (exact) mass is 335 g/mol. The predicted octanol–water partition coefficient (Wildman–Crippen LogP) is 2.97. The maximum Gasteiger partial charge on any atom is 0.337 e. The van der Waals surface area contributed by atoms with Gasteiger partial charge in [-0.2, -0.15) is 0 Å². The number of hydrogen-bond acceptors (Lipinski definition) is 4. The fourth-order valence-corrected chi connectivity index (χ4v) is 2.45. The van der Waals surface area contributed by atoms with Crippen LogP contribution in [0.5, 0.6) is 0 Å². The number of methoxy groups -OCH3 is 1. The first-order chi connectivity index (χ1) is 12.2. The van der Waals surface area contributed by atoms with Crippen LogP contribution in [0.2, 0.25) is 0 Å². The van der Waals surface area contributed by atoms with Crippen LogP contribution in [0.1, 0.15) is 26.3 Å². The zero-order chi connectivity index (χ0) is 17.6. The third-order valence-electron chi connectivity index (χ3n) is 3.66. The number of esters is 1. The predicted molar refractivity (Wildman–Crippen MR) is 93.5 cm³/mol. The number of benzene rings is 2. The first-order valence-electron chi connectivity index (χ1n) is 7.70. The fourth-order valence-electron chi connectivity index (χ4n) is 2.45. The van der Waals surface area contributed by atoms with Gasteiger partial charge in [-0.3, -0.25) is 4.79 Å². The van der Waals surface area contributed by atoms with Crippen molar-refractivity contribution in [1.29, 1.82) is 0 Å². The van der Waals surface area contributed by atoms with E-state index in [0.29, 0.717) is 23.4 Å². The quantitative estimate of drug-likeness (QED) is 0.728. The minimum atomic E-state index is -0.446. The molecule has 6 heteroatoms. The average molecular weight is 335 g/mol. The number of hydrogen-bond donors (Lipinski definition) is 1. The van der Waals surface area contributed by atoms with E-state index >= 15 is 0 Å². The largest absolute Gasteiger partial charge is 0.465 e. The van der Waals surface area contributed by atoms with Gasteiger partial charge in [0.15, 0.2) is 0 Å². The van der Waals surface area contributed by atoms with Gasteiger partial charge in [-0.05, 0) is 35.9 Å². The lowest BCUT2D eigenvalue weighted by Gasteiger charge is -2.08. The Labute approximate surface area is 145 Å². The Morgan fingerprint density at radius 3 is 2.68 bits per heavy atom. The summed E-state index contributed by atoms with van der Waals surface area (Å²) in [5, 5.41) is 2.80. The molecule has 1 amide bonds. The zero-order valence-electron chi connectivity index (χ0n) is 13.7. The maximum absolute atomic E-state index is 12.5. The minimum absolute atomic E-state index is 0.241. The number of imidazole rings is 1. The summed E-state index contributed by atoms with van der Waals surface area (Å²) in [5.74, 6) is -0.687. The van der Waals surface area contributed by atoms with Crippen LogP contribution in [0.4, 0.5) is 5.69 Å². The van der Waals surface area contributed by atoms with Crippen LogP contribution in [-0.2, 0) is 11.3 Å². The number of carbonyl (C=O) groups excluding carboxylic acids is 2. The molecule has 0 aliphatic rings. The van der Waals surface area contributed by atoms with Crippen molar-refractivity contribution in [3.63, 3.8) is 0 Å². The molecule has 0 saturated carbocycles. The molecule has 0 radical (unpaired) electrons. The number of amides is 1. The Balaban J connectivity index is 1.74. The van der Waals surface area contributed by atoms with Crippen molar-refractivity contribution in [3.8, 4) is 0 Å². The number of rotatable bonds is 5. The summed E-state index contributed by atoms with van der Waals surface area (Å²) in [6, 6.07) is 14.0. The number of aromatic nitrogens is 2. The second kappa shape index (κ2) is 7.44. The van der Waals surface area contributed by atoms with Crippen LogP contribution >= 0.6 is 0 Å². The van der Waals surface area contributed by atoms with Gasteiger partial charge in [-0.25, -0.2) is 9.78 Å². The van der Waals surface area contributed by atoms with Gasteiger partial charge >= 0.3 is 5.97 Å². The van der Waals surface area contributed by atoms with Crippen molar-refractivity contribution in [2.45, 2.75) is 6.54 Å². The Morgan fingerprint density at radius 1 is 1.12 bits per heavy atom. The highest BCUT2D eigenvalue weighted by Gasteiger charge is 2.10. The topological polar surface area (TPSA) is 73.2 Å². The van der Waals surface area contributed by atoms with Crippen molar-refractivity contribution in [2.75, 3.05) is 12.4 Å². The van der Waals surface area contributed by atoms with Crippen molar-refractivity contribution in [2.24, 2.45) is 0 Å². The number of nitrogens with one attached hydrogen (secondary N) is 1. The molecular formula is C19H17N3O3. The molecule has 0 fully saturated rings. The summed E-state index contributed by atoms with van der Waals surface area (Å²) >= 11 is 0. The van der Waals surface area contributed by atoms with E-state index in [0.717, 1.165) is 5.56 Å². The van der Waals surface area contributed by atoms with Gasteiger partial charge in [-0.1, -0.05) is 18.2 Å². The van der Waals surface area contributed by atoms with E-state index in [9.17, 15) is 9.59 Å². The SMILES string of the molecule is COC(=O)c1cccc(NC(=O)c2cccc(Cn3ccnc3)c2)c1. The molecule has 0 aliphatic heterocycles. The van der Waals surface area contributed by atoms with Gasteiger partial charge in [0.1, 0.15) is 0 Å². The van der Waals surface area contributed by atoms with Crippen molar-refractivity contribution >= 4 is 17.6 Å². The van der Waals surface area contributed by atoms with Crippen LogP contribution in [0, 0.1) is 0 Å². The second-order valence-corrected chi connectivity index (χ2v) is 5.46. The number of nitrogens with zero attached hydrogens (tertiary/aromatic N) is 2. The molecule has 0 bridgehead atoms. The Bertz CT molecular complexity index is 888. The number of anilines is 1. The molecule has 0 atom stereocenters. The van der Waals surface area contributed by atoms with E-state index in [1.165, 1.54) is 7.11 Å². The molecule has 25 heavy (non-hydrogen) atoms. The minimum Gasteiger partial charge on any atom is -0.465 e. The van der Waals surface area contributed by atoms with E-state index < -0.39 is 5.97 Å². The van der Waals surface area contributed by atoms with Gasteiger partial charge < -0.3 is 14.6 Å². The lowest BCUT2D eigenvalue weighted by atomic mass is 10.1. The van der Waals surface area contributed by atoms with Crippen LogP contribution < -0.4 is 5.32 Å². The Kier molecular flexibility index (Phi) is 4.89. The van der Waals surface area contributed by atoms with Gasteiger partial charge in [0.05, 0.1) is 19.0 Å². The van der Waals surface area contributed by atoms with E-state index in [1.807, 2.05) is 29.0 Å². The maximum atomic E-state index is 12.5. The van der Waals surface area contributed by atoms with Gasteiger partial charge in [0.2, 0.25) is 0 Å². The van der Waals surface area contributed by atoms with E-state index in [-0.39, 0.29) is 5.91 Å². The molecule has 0 unspecified atom stereocenters. The summed E-state index contributed by atoms with van der Waals surface area (Å²) in [4.78, 5) is 28.1. The number of carbonyl (C=O) groups is 2. The molecule has 0 saturated heterocycles. The van der Waals surface area contributed by atoms with Crippen LogP contribution in [0.3, 0.4) is 0 Å². The first-order valence-corrected chi connectivity index (χ1v) is 7.70. The molecule has 1 heterocycles. The molecule has 1 N–H and O–H groups in total. The third kappa shape index (κ3) is 4.11. The summed E-state index contributed by atoms with van der Waals surface area (Å²) in [6.45, 7) is 0.638. The second-order valence-electron chi connectivity index (χ2n) is 5.46. The van der Waals surface area contributed by atoms with E-state index in [2.05, 4.69) is 15.0 Å². The number of ether oxygens (including phenoxy) is 1. The molecule has 3 aromatic rings. The third-order valence-corrected chi connectivity index (χ3v) is 3.66. The summed E-state index contributed by atoms with van der Waals surface area (Å²) in [7, 11) is 1.32. The molecule has 3 rings (SSSR count). The van der Waals surface area contributed by atoms with Crippen molar-refractivity contribution < 1.29 is 14.3 Å². The van der Waals surface area contributed by atoms with Crippen LogP contribution in [0.15, 0.2) is 67.3 Å². The molecule has 1 aromatic heterocycles. The van der Waals surface area contributed by atoms with Gasteiger partial charge in [0, 0.05) is 30.2 Å². The smallest absolute Gasteiger partial charge is 0.337 e. The van der Waals surface area contributed by atoms with Crippen LogP contribution in [0.25, 0.3) is 0 Å². The lowest BCUT2D eigenvalue weighted by molar-refractivity contribution is 0.0600. The molecule has 0 spiro atoms. The molecule has 6 nitrogen and oxygen atoms in total.